The first-order chi connectivity index (χ1) is 27.0. The van der Waals surface area contributed by atoms with Crippen LogP contribution in [0.5, 0.6) is 11.5 Å². The van der Waals surface area contributed by atoms with E-state index >= 15 is 0 Å². The molecule has 4 heterocycles. The maximum atomic E-state index is 6.72. The third-order valence-corrected chi connectivity index (χ3v) is 13.7. The Morgan fingerprint density at radius 2 is 1.27 bits per heavy atom. The van der Waals surface area contributed by atoms with Gasteiger partial charge in [-0.15, -0.1) is 0 Å². The van der Waals surface area contributed by atoms with Crippen LogP contribution in [-0.4, -0.2) is 37.6 Å². The van der Waals surface area contributed by atoms with Gasteiger partial charge in [0.1, 0.15) is 0 Å². The Kier molecular flexibility index (Phi) is 9.11. The SMILES string of the molecule is CC(C)(C)c1cc(-c2ccccc2)cc(N2CN(c3cccc(Oc4ccc5c(c4)N(c4cc(C(C)(C)C)ccn4)c4ccccc4[Te]5)c3)c3cccnc32)c1. The van der Waals surface area contributed by atoms with Gasteiger partial charge in [0.05, 0.1) is 0 Å². The number of pyridine rings is 2. The van der Waals surface area contributed by atoms with Crippen LogP contribution >= 0.6 is 0 Å². The number of rotatable bonds is 6. The molecule has 7 heteroatoms. The summed E-state index contributed by atoms with van der Waals surface area (Å²) in [6, 6.07) is 49.8. The Morgan fingerprint density at radius 3 is 2.09 bits per heavy atom. The van der Waals surface area contributed by atoms with E-state index in [1.54, 1.807) is 0 Å². The molecule has 0 atom stereocenters. The predicted octanol–water partition coefficient (Wildman–Crippen LogP) is 11.2. The van der Waals surface area contributed by atoms with E-state index in [2.05, 4.69) is 184 Å². The number of benzene rings is 5. The van der Waals surface area contributed by atoms with Crippen molar-refractivity contribution in [3.8, 4) is 22.6 Å². The standard InChI is InChI=1S/C49H45N5OTe/c1-48(2,3)35-23-25-50-46(29-35)54-41-18-10-11-20-44(41)56-45-22-21-40(31-43(45)54)55-39-17-12-16-37(30-39)52-32-53(47-42(52)19-13-24-51-47)38-27-34(33-14-8-7-9-15-33)26-36(28-38)49(4,5)6/h7-31H,32H2,1-6H3. The topological polar surface area (TPSA) is 44.7 Å². The minimum atomic E-state index is -0.599. The summed E-state index contributed by atoms with van der Waals surface area (Å²) in [4.78, 5) is 16.8. The van der Waals surface area contributed by atoms with E-state index in [9.17, 15) is 0 Å². The Morgan fingerprint density at radius 1 is 0.518 bits per heavy atom. The van der Waals surface area contributed by atoms with E-state index in [4.69, 9.17) is 14.7 Å². The largest absolute Gasteiger partial charge is 0.0345 e. The molecule has 5 aromatic carbocycles. The van der Waals surface area contributed by atoms with Crippen LogP contribution in [0.25, 0.3) is 11.1 Å². The zero-order valence-corrected chi connectivity index (χ0v) is 35.0. The summed E-state index contributed by atoms with van der Waals surface area (Å²) >= 11 is -0.599. The van der Waals surface area contributed by atoms with E-state index in [1.807, 2.05) is 24.5 Å². The fraction of sp³-hybridized carbons (Fsp3) is 0.184. The van der Waals surface area contributed by atoms with Gasteiger partial charge in [-0.1, -0.05) is 57.2 Å². The van der Waals surface area contributed by atoms with Crippen LogP contribution in [0.1, 0.15) is 52.7 Å². The molecular weight excluding hydrogens is 802 g/mol. The fourth-order valence-corrected chi connectivity index (χ4v) is 10.4. The normalized spacial score (nSPS) is 13.6. The molecule has 0 bridgehead atoms. The van der Waals surface area contributed by atoms with Crippen LogP contribution in [0.4, 0.5) is 40.1 Å². The van der Waals surface area contributed by atoms with E-state index in [1.165, 1.54) is 35.2 Å². The maximum Gasteiger partial charge on any atom is -0.0345 e. The minimum absolute atomic E-state index is 0.00447. The first kappa shape index (κ1) is 36.1. The van der Waals surface area contributed by atoms with Crippen molar-refractivity contribution in [3.05, 3.63) is 163 Å². The van der Waals surface area contributed by atoms with E-state index in [0.717, 1.165) is 45.9 Å². The van der Waals surface area contributed by atoms with Gasteiger partial charge in [0, 0.05) is 6.20 Å². The number of hydrogen-bond acceptors (Lipinski definition) is 6. The van der Waals surface area contributed by atoms with Crippen molar-refractivity contribution in [2.75, 3.05) is 21.4 Å². The number of para-hydroxylation sites is 1. The number of anilines is 7. The molecule has 2 aromatic heterocycles. The molecule has 9 rings (SSSR count). The molecule has 56 heavy (non-hydrogen) atoms. The molecule has 0 radical (unpaired) electrons. The number of aromatic nitrogens is 2. The molecule has 0 saturated heterocycles. The van der Waals surface area contributed by atoms with Crippen molar-refractivity contribution < 1.29 is 4.74 Å². The van der Waals surface area contributed by atoms with Crippen LogP contribution in [0.15, 0.2) is 152 Å². The van der Waals surface area contributed by atoms with E-state index in [-0.39, 0.29) is 10.8 Å². The van der Waals surface area contributed by atoms with Gasteiger partial charge in [-0.3, -0.25) is 0 Å². The van der Waals surface area contributed by atoms with Crippen LogP contribution in [0.2, 0.25) is 0 Å². The van der Waals surface area contributed by atoms with Gasteiger partial charge in [0.15, 0.2) is 0 Å². The molecule has 0 unspecified atom stereocenters. The van der Waals surface area contributed by atoms with Crippen LogP contribution in [0, 0.1) is 0 Å². The summed E-state index contributed by atoms with van der Waals surface area (Å²) in [6.45, 7) is 14.2. The molecule has 0 aliphatic carbocycles. The molecule has 7 aromatic rings. The average molecular weight is 848 g/mol. The predicted molar refractivity (Wildman–Crippen MR) is 233 cm³/mol. The first-order valence-corrected chi connectivity index (χ1v) is 21.5. The molecule has 278 valence electrons. The van der Waals surface area contributed by atoms with Crippen molar-refractivity contribution in [3.63, 3.8) is 0 Å². The van der Waals surface area contributed by atoms with Gasteiger partial charge in [0.2, 0.25) is 0 Å². The van der Waals surface area contributed by atoms with Crippen molar-refractivity contribution in [2.24, 2.45) is 0 Å². The van der Waals surface area contributed by atoms with E-state index in [0.29, 0.717) is 6.67 Å². The van der Waals surface area contributed by atoms with Crippen LogP contribution in [0.3, 0.4) is 0 Å². The summed E-state index contributed by atoms with van der Waals surface area (Å²) in [7, 11) is 0. The molecule has 0 spiro atoms. The van der Waals surface area contributed by atoms with Crippen LogP contribution in [-0.2, 0) is 10.8 Å². The average Bonchev–Trinajstić information content (AvgIpc) is 3.60. The molecule has 0 amide bonds. The smallest absolute Gasteiger partial charge is 0.0345 e. The zero-order valence-electron chi connectivity index (χ0n) is 32.7. The van der Waals surface area contributed by atoms with Crippen molar-refractivity contribution >= 4 is 68.2 Å². The molecule has 6 nitrogen and oxygen atoms in total. The van der Waals surface area contributed by atoms with Crippen molar-refractivity contribution in [1.82, 2.24) is 9.97 Å². The quantitative estimate of drug-likeness (QED) is 0.155. The molecule has 0 N–H and O–H groups in total. The Labute approximate surface area is 340 Å². The van der Waals surface area contributed by atoms with Gasteiger partial charge < -0.3 is 0 Å². The van der Waals surface area contributed by atoms with Crippen LogP contribution < -0.4 is 26.7 Å². The fourth-order valence-electron chi connectivity index (χ4n) is 7.42. The Bertz CT molecular complexity index is 2570. The summed E-state index contributed by atoms with van der Waals surface area (Å²) in [5, 5.41) is 0. The second kappa shape index (κ2) is 14.2. The Balaban J connectivity index is 1.05. The second-order valence-corrected chi connectivity index (χ2v) is 19.6. The summed E-state index contributed by atoms with van der Waals surface area (Å²) in [5.41, 5.74) is 10.5. The molecule has 2 aliphatic heterocycles. The second-order valence-electron chi connectivity index (χ2n) is 16.5. The van der Waals surface area contributed by atoms with Crippen molar-refractivity contribution in [2.45, 2.75) is 52.4 Å². The van der Waals surface area contributed by atoms with Gasteiger partial charge in [-0.05, 0) is 34.2 Å². The summed E-state index contributed by atoms with van der Waals surface area (Å²) in [6.07, 6.45) is 3.82. The third-order valence-electron chi connectivity index (χ3n) is 10.5. The minimum Gasteiger partial charge on any atom is -0.0345 e. The Hall–Kier alpha value is -5.61. The molecule has 0 fully saturated rings. The number of nitrogens with zero attached hydrogens (tertiary/aromatic N) is 5. The first-order valence-electron chi connectivity index (χ1n) is 19.2. The summed E-state index contributed by atoms with van der Waals surface area (Å²) < 4.78 is 9.50. The zero-order chi connectivity index (χ0) is 38.6. The third kappa shape index (κ3) is 6.91. The molecule has 2 aliphatic rings. The number of ether oxygens (including phenoxy) is 1. The number of hydrogen-bond donors (Lipinski definition) is 0. The van der Waals surface area contributed by atoms with E-state index < -0.39 is 20.9 Å². The molecule has 0 saturated carbocycles. The van der Waals surface area contributed by atoms with Gasteiger partial charge in [-0.2, -0.15) is 0 Å². The molecular formula is C49H45N5OTe. The summed E-state index contributed by atoms with van der Waals surface area (Å²) in [5.74, 6) is 3.43. The van der Waals surface area contributed by atoms with Gasteiger partial charge in [-0.25, -0.2) is 0 Å². The van der Waals surface area contributed by atoms with Gasteiger partial charge in [0.25, 0.3) is 0 Å². The number of fused-ring (bicyclic) bond motifs is 3. The maximum absolute atomic E-state index is 6.72. The monoisotopic (exact) mass is 849 g/mol. The van der Waals surface area contributed by atoms with Gasteiger partial charge >= 0.3 is 245 Å². The van der Waals surface area contributed by atoms with Crippen molar-refractivity contribution in [1.29, 1.82) is 0 Å².